The van der Waals surface area contributed by atoms with Gasteiger partial charge in [-0.2, -0.15) is 5.10 Å². The van der Waals surface area contributed by atoms with Gasteiger partial charge in [-0.15, -0.1) is 0 Å². The Bertz CT molecular complexity index is 622. The van der Waals surface area contributed by atoms with Crippen LogP contribution in [-0.2, 0) is 22.5 Å². The Morgan fingerprint density at radius 3 is 2.95 bits per heavy atom. The highest BCUT2D eigenvalue weighted by molar-refractivity contribution is 5.78. The maximum absolute atomic E-state index is 12.1. The van der Waals surface area contributed by atoms with Gasteiger partial charge in [0.2, 0.25) is 5.91 Å². The van der Waals surface area contributed by atoms with Gasteiger partial charge in [0.1, 0.15) is 6.61 Å². The molecule has 2 heterocycles. The molecular formula is C16H19N3O2. The molecule has 0 saturated heterocycles. The van der Waals surface area contributed by atoms with Crippen molar-refractivity contribution in [3.05, 3.63) is 41.6 Å². The molecule has 0 aliphatic carbocycles. The van der Waals surface area contributed by atoms with Crippen LogP contribution in [0.2, 0.25) is 0 Å². The lowest BCUT2D eigenvalue weighted by atomic mass is 10.0. The summed E-state index contributed by atoms with van der Waals surface area (Å²) in [6.07, 6.45) is 0.813. The minimum atomic E-state index is 0.0442. The van der Waals surface area contributed by atoms with E-state index in [1.807, 2.05) is 42.2 Å². The van der Waals surface area contributed by atoms with Gasteiger partial charge in [0.25, 0.3) is 0 Å². The highest BCUT2D eigenvalue weighted by atomic mass is 16.5. The molecule has 0 radical (unpaired) electrons. The summed E-state index contributed by atoms with van der Waals surface area (Å²) in [5.41, 5.74) is 4.28. The molecule has 1 aliphatic heterocycles. The van der Waals surface area contributed by atoms with E-state index in [0.717, 1.165) is 35.5 Å². The molecule has 1 aromatic heterocycles. The van der Waals surface area contributed by atoms with E-state index in [1.165, 1.54) is 0 Å². The lowest BCUT2D eigenvalue weighted by molar-refractivity contribution is -0.136. The second kappa shape index (κ2) is 6.10. The van der Waals surface area contributed by atoms with Crippen molar-refractivity contribution in [2.45, 2.75) is 19.9 Å². The van der Waals surface area contributed by atoms with Gasteiger partial charge in [-0.05, 0) is 6.92 Å². The van der Waals surface area contributed by atoms with Crippen LogP contribution in [0.15, 0.2) is 30.3 Å². The van der Waals surface area contributed by atoms with Gasteiger partial charge >= 0.3 is 0 Å². The zero-order valence-electron chi connectivity index (χ0n) is 12.1. The molecule has 110 valence electrons. The van der Waals surface area contributed by atoms with Crippen molar-refractivity contribution in [1.29, 1.82) is 0 Å². The third kappa shape index (κ3) is 2.83. The molecule has 0 atom stereocenters. The number of fused-ring (bicyclic) bond motifs is 1. The van der Waals surface area contributed by atoms with Crippen LogP contribution >= 0.6 is 0 Å². The van der Waals surface area contributed by atoms with Gasteiger partial charge < -0.3 is 9.64 Å². The van der Waals surface area contributed by atoms with Crippen molar-refractivity contribution in [2.75, 3.05) is 19.8 Å². The zero-order valence-corrected chi connectivity index (χ0v) is 12.1. The van der Waals surface area contributed by atoms with E-state index in [2.05, 4.69) is 10.2 Å². The molecule has 1 aliphatic rings. The number of carbonyl (C=O) groups is 1. The van der Waals surface area contributed by atoms with Crippen LogP contribution in [0, 0.1) is 0 Å². The number of H-pyrrole nitrogens is 1. The van der Waals surface area contributed by atoms with Crippen molar-refractivity contribution < 1.29 is 9.53 Å². The van der Waals surface area contributed by atoms with Crippen LogP contribution in [0.1, 0.15) is 18.2 Å². The summed E-state index contributed by atoms with van der Waals surface area (Å²) in [6.45, 7) is 3.93. The second-order valence-electron chi connectivity index (χ2n) is 5.10. The van der Waals surface area contributed by atoms with E-state index in [1.54, 1.807) is 0 Å². The van der Waals surface area contributed by atoms with Crippen molar-refractivity contribution in [3.8, 4) is 11.3 Å². The molecule has 0 unspecified atom stereocenters. The lowest BCUT2D eigenvalue weighted by Gasteiger charge is -2.27. The van der Waals surface area contributed by atoms with E-state index >= 15 is 0 Å². The molecule has 5 nitrogen and oxygen atoms in total. The highest BCUT2D eigenvalue weighted by Gasteiger charge is 2.25. The van der Waals surface area contributed by atoms with Crippen LogP contribution < -0.4 is 0 Å². The number of rotatable bonds is 4. The number of ether oxygens (including phenoxy) is 1. The SMILES string of the molecule is CCOCC(=O)N1CCc2[nH]nc(-c3ccccc3)c2C1. The fourth-order valence-electron chi connectivity index (χ4n) is 2.62. The number of aromatic amines is 1. The number of aromatic nitrogens is 2. The molecule has 3 rings (SSSR count). The summed E-state index contributed by atoms with van der Waals surface area (Å²) in [5, 5.41) is 7.54. The van der Waals surface area contributed by atoms with Crippen LogP contribution in [0.4, 0.5) is 0 Å². The maximum Gasteiger partial charge on any atom is 0.248 e. The van der Waals surface area contributed by atoms with Gasteiger partial charge in [0, 0.05) is 42.9 Å². The molecule has 1 N–H and O–H groups in total. The quantitative estimate of drug-likeness (QED) is 0.934. The summed E-state index contributed by atoms with van der Waals surface area (Å²) in [5.74, 6) is 0.0442. The Morgan fingerprint density at radius 2 is 2.19 bits per heavy atom. The van der Waals surface area contributed by atoms with E-state index < -0.39 is 0 Å². The van der Waals surface area contributed by atoms with Crippen LogP contribution in [0.3, 0.4) is 0 Å². The van der Waals surface area contributed by atoms with Gasteiger partial charge in [-0.25, -0.2) is 0 Å². The summed E-state index contributed by atoms with van der Waals surface area (Å²) in [4.78, 5) is 14.0. The van der Waals surface area contributed by atoms with Crippen LogP contribution in [0.5, 0.6) is 0 Å². The third-order valence-corrected chi connectivity index (χ3v) is 3.76. The summed E-state index contributed by atoms with van der Waals surface area (Å²) in [7, 11) is 0. The Labute approximate surface area is 123 Å². The smallest absolute Gasteiger partial charge is 0.248 e. The monoisotopic (exact) mass is 285 g/mol. The largest absolute Gasteiger partial charge is 0.372 e. The number of nitrogens with zero attached hydrogens (tertiary/aromatic N) is 2. The Morgan fingerprint density at radius 1 is 1.38 bits per heavy atom. The third-order valence-electron chi connectivity index (χ3n) is 3.76. The zero-order chi connectivity index (χ0) is 14.7. The first-order valence-corrected chi connectivity index (χ1v) is 7.26. The summed E-state index contributed by atoms with van der Waals surface area (Å²) < 4.78 is 5.22. The molecule has 2 aromatic rings. The Kier molecular flexibility index (Phi) is 4.01. The highest BCUT2D eigenvalue weighted by Crippen LogP contribution is 2.28. The molecule has 0 fully saturated rings. The Hall–Kier alpha value is -2.14. The van der Waals surface area contributed by atoms with E-state index in [-0.39, 0.29) is 12.5 Å². The predicted molar refractivity (Wildman–Crippen MR) is 79.6 cm³/mol. The molecule has 0 spiro atoms. The van der Waals surface area contributed by atoms with Gasteiger partial charge in [-0.3, -0.25) is 9.89 Å². The number of carbonyl (C=O) groups excluding carboxylic acids is 1. The lowest BCUT2D eigenvalue weighted by Crippen LogP contribution is -2.38. The molecule has 0 bridgehead atoms. The first kappa shape index (κ1) is 13.8. The number of hydrogen-bond acceptors (Lipinski definition) is 3. The minimum Gasteiger partial charge on any atom is -0.372 e. The first-order chi connectivity index (χ1) is 10.3. The van der Waals surface area contributed by atoms with E-state index in [4.69, 9.17) is 4.74 Å². The second-order valence-corrected chi connectivity index (χ2v) is 5.10. The molecule has 0 saturated carbocycles. The minimum absolute atomic E-state index is 0.0442. The average molecular weight is 285 g/mol. The maximum atomic E-state index is 12.1. The van der Waals surface area contributed by atoms with Crippen LogP contribution in [0.25, 0.3) is 11.3 Å². The fraction of sp³-hybridized carbons (Fsp3) is 0.375. The standard InChI is InChI=1S/C16H19N3O2/c1-2-21-11-15(20)19-9-8-14-13(10-19)16(18-17-14)12-6-4-3-5-7-12/h3-7H,2,8-11H2,1H3,(H,17,18). The average Bonchev–Trinajstić information content (AvgIpc) is 2.96. The molecule has 5 heteroatoms. The molecule has 1 amide bonds. The number of benzene rings is 1. The number of amides is 1. The molecule has 21 heavy (non-hydrogen) atoms. The van der Waals surface area contributed by atoms with Gasteiger partial charge in [-0.1, -0.05) is 30.3 Å². The normalized spacial score (nSPS) is 14.0. The molecule has 1 aromatic carbocycles. The van der Waals surface area contributed by atoms with Crippen molar-refractivity contribution in [3.63, 3.8) is 0 Å². The summed E-state index contributed by atoms with van der Waals surface area (Å²) >= 11 is 0. The van der Waals surface area contributed by atoms with Crippen molar-refractivity contribution >= 4 is 5.91 Å². The number of hydrogen-bond donors (Lipinski definition) is 1. The number of nitrogens with one attached hydrogen (secondary N) is 1. The van der Waals surface area contributed by atoms with E-state index in [9.17, 15) is 4.79 Å². The predicted octanol–water partition coefficient (Wildman–Crippen LogP) is 2.00. The summed E-state index contributed by atoms with van der Waals surface area (Å²) in [6, 6.07) is 10.1. The van der Waals surface area contributed by atoms with Gasteiger partial charge in [0.15, 0.2) is 0 Å². The fourth-order valence-corrected chi connectivity index (χ4v) is 2.62. The topological polar surface area (TPSA) is 58.2 Å². The van der Waals surface area contributed by atoms with Gasteiger partial charge in [0.05, 0.1) is 5.69 Å². The van der Waals surface area contributed by atoms with E-state index in [0.29, 0.717) is 13.2 Å². The molecular weight excluding hydrogens is 266 g/mol. The Balaban J connectivity index is 1.82. The first-order valence-electron chi connectivity index (χ1n) is 7.26. The van der Waals surface area contributed by atoms with Crippen molar-refractivity contribution in [1.82, 2.24) is 15.1 Å². The van der Waals surface area contributed by atoms with Crippen molar-refractivity contribution in [2.24, 2.45) is 0 Å². The van der Waals surface area contributed by atoms with Crippen LogP contribution in [-0.4, -0.2) is 40.8 Å².